The third-order valence-electron chi connectivity index (χ3n) is 4.03. The number of amides is 1. The Morgan fingerprint density at radius 1 is 1.50 bits per heavy atom. The van der Waals surface area contributed by atoms with Crippen LogP contribution in [0.1, 0.15) is 37.4 Å². The smallest absolute Gasteiger partial charge is 0.239 e. The summed E-state index contributed by atoms with van der Waals surface area (Å²) in [5.41, 5.74) is 2.64. The molecule has 2 rings (SSSR count). The summed E-state index contributed by atoms with van der Waals surface area (Å²) in [5.74, 6) is 0.155. The monoisotopic (exact) mass is 275 g/mol. The van der Waals surface area contributed by atoms with Crippen LogP contribution in [0.5, 0.6) is 0 Å². The number of carbonyl (C=O) groups excluding carboxylic acids is 1. The van der Waals surface area contributed by atoms with Gasteiger partial charge in [0.1, 0.15) is 0 Å². The van der Waals surface area contributed by atoms with Crippen LogP contribution in [0, 0.1) is 0 Å². The molecule has 2 N–H and O–H groups in total. The highest BCUT2D eigenvalue weighted by Gasteiger charge is 2.23. The lowest BCUT2D eigenvalue weighted by Gasteiger charge is -2.26. The molecule has 0 fully saturated rings. The van der Waals surface area contributed by atoms with Gasteiger partial charge in [0.2, 0.25) is 5.91 Å². The number of rotatable bonds is 4. The van der Waals surface area contributed by atoms with Crippen molar-refractivity contribution in [2.24, 2.45) is 0 Å². The van der Waals surface area contributed by atoms with Crippen LogP contribution in [0.3, 0.4) is 0 Å². The van der Waals surface area contributed by atoms with Crippen molar-refractivity contribution in [3.05, 3.63) is 35.4 Å². The van der Waals surface area contributed by atoms with E-state index in [1.165, 1.54) is 11.1 Å². The summed E-state index contributed by atoms with van der Waals surface area (Å²) in [7, 11) is 1.85. The number of hydrogen-bond acceptors (Lipinski definition) is 3. The van der Waals surface area contributed by atoms with Crippen LogP contribution in [0.4, 0.5) is 0 Å². The Morgan fingerprint density at radius 3 is 3.00 bits per heavy atom. The molecule has 1 aliphatic heterocycles. The Labute approximate surface area is 121 Å². The highest BCUT2D eigenvalue weighted by molar-refractivity contribution is 5.81. The number of nitrogens with zero attached hydrogens (tertiary/aromatic N) is 1. The Bertz CT molecular complexity index is 461. The fraction of sp³-hybridized carbons (Fsp3) is 0.562. The van der Waals surface area contributed by atoms with Gasteiger partial charge in [0, 0.05) is 26.2 Å². The number of fused-ring (bicyclic) bond motifs is 1. The Hall–Kier alpha value is -1.39. The molecule has 0 saturated carbocycles. The van der Waals surface area contributed by atoms with Crippen LogP contribution < -0.4 is 10.6 Å². The first kappa shape index (κ1) is 15.0. The second kappa shape index (κ2) is 6.86. The summed E-state index contributed by atoms with van der Waals surface area (Å²) >= 11 is 0. The Kier molecular flexibility index (Phi) is 5.15. The lowest BCUT2D eigenvalue weighted by Crippen LogP contribution is -2.44. The quantitative estimate of drug-likeness (QED) is 0.878. The minimum atomic E-state index is -0.156. The molecule has 1 aliphatic rings. The predicted molar refractivity (Wildman–Crippen MR) is 81.4 cm³/mol. The van der Waals surface area contributed by atoms with Crippen LogP contribution in [0.2, 0.25) is 0 Å². The van der Waals surface area contributed by atoms with E-state index in [9.17, 15) is 4.79 Å². The standard InChI is InChI=1S/C16H25N3O/c1-4-19(3)16(20)12(2)18-15-9-10-17-11-13-7-5-6-8-14(13)15/h5-8,12,15,17-18H,4,9-11H2,1-3H3. The van der Waals surface area contributed by atoms with Crippen molar-refractivity contribution in [1.29, 1.82) is 0 Å². The van der Waals surface area contributed by atoms with E-state index < -0.39 is 0 Å². The van der Waals surface area contributed by atoms with Gasteiger partial charge in [-0.05, 0) is 37.9 Å². The lowest BCUT2D eigenvalue weighted by molar-refractivity contribution is -0.131. The molecule has 4 heteroatoms. The molecule has 0 spiro atoms. The van der Waals surface area contributed by atoms with E-state index >= 15 is 0 Å². The van der Waals surface area contributed by atoms with Gasteiger partial charge in [-0.2, -0.15) is 0 Å². The normalized spacial score (nSPS) is 19.9. The van der Waals surface area contributed by atoms with Crippen LogP contribution in [-0.4, -0.2) is 37.0 Å². The zero-order valence-electron chi connectivity index (χ0n) is 12.6. The van der Waals surface area contributed by atoms with Crippen molar-refractivity contribution in [3.63, 3.8) is 0 Å². The van der Waals surface area contributed by atoms with Crippen LogP contribution >= 0.6 is 0 Å². The molecule has 2 atom stereocenters. The van der Waals surface area contributed by atoms with Gasteiger partial charge < -0.3 is 10.2 Å². The number of benzene rings is 1. The fourth-order valence-electron chi connectivity index (χ4n) is 2.69. The molecule has 0 aliphatic carbocycles. The van der Waals surface area contributed by atoms with Gasteiger partial charge in [-0.15, -0.1) is 0 Å². The van der Waals surface area contributed by atoms with Crippen molar-refractivity contribution in [3.8, 4) is 0 Å². The van der Waals surface area contributed by atoms with Gasteiger partial charge in [0.15, 0.2) is 0 Å². The first-order valence-corrected chi connectivity index (χ1v) is 7.43. The molecule has 0 radical (unpaired) electrons. The second-order valence-corrected chi connectivity index (χ2v) is 5.46. The Balaban J connectivity index is 2.11. The molecule has 2 unspecified atom stereocenters. The number of nitrogens with one attached hydrogen (secondary N) is 2. The zero-order chi connectivity index (χ0) is 14.5. The zero-order valence-corrected chi connectivity index (χ0v) is 12.6. The van der Waals surface area contributed by atoms with Crippen molar-refractivity contribution >= 4 is 5.91 Å². The maximum Gasteiger partial charge on any atom is 0.239 e. The number of hydrogen-bond donors (Lipinski definition) is 2. The molecule has 0 aromatic heterocycles. The summed E-state index contributed by atoms with van der Waals surface area (Å²) < 4.78 is 0. The third kappa shape index (κ3) is 3.38. The van der Waals surface area contributed by atoms with E-state index in [4.69, 9.17) is 0 Å². The molecular formula is C16H25N3O. The molecule has 4 nitrogen and oxygen atoms in total. The minimum Gasteiger partial charge on any atom is -0.345 e. The van der Waals surface area contributed by atoms with Gasteiger partial charge in [-0.3, -0.25) is 10.1 Å². The van der Waals surface area contributed by atoms with E-state index in [0.717, 1.165) is 26.1 Å². The highest BCUT2D eigenvalue weighted by atomic mass is 16.2. The molecule has 1 amide bonds. The summed E-state index contributed by atoms with van der Waals surface area (Å²) in [6, 6.07) is 8.56. The maximum absolute atomic E-state index is 12.2. The minimum absolute atomic E-state index is 0.155. The molecular weight excluding hydrogens is 250 g/mol. The SMILES string of the molecule is CCN(C)C(=O)C(C)NC1CCNCc2ccccc21. The molecule has 1 aromatic carbocycles. The van der Waals surface area contributed by atoms with Crippen LogP contribution in [0.15, 0.2) is 24.3 Å². The first-order chi connectivity index (χ1) is 9.63. The van der Waals surface area contributed by atoms with Crippen molar-refractivity contribution in [2.75, 3.05) is 20.1 Å². The first-order valence-electron chi connectivity index (χ1n) is 7.43. The predicted octanol–water partition coefficient (Wildman–Crippen LogP) is 1.68. The molecule has 0 saturated heterocycles. The average molecular weight is 275 g/mol. The van der Waals surface area contributed by atoms with E-state index in [1.54, 1.807) is 4.90 Å². The van der Waals surface area contributed by atoms with E-state index in [2.05, 4.69) is 34.9 Å². The van der Waals surface area contributed by atoms with Crippen LogP contribution in [0.25, 0.3) is 0 Å². The van der Waals surface area contributed by atoms with Crippen molar-refractivity contribution in [1.82, 2.24) is 15.5 Å². The van der Waals surface area contributed by atoms with Gasteiger partial charge in [0.25, 0.3) is 0 Å². The Morgan fingerprint density at radius 2 is 2.25 bits per heavy atom. The summed E-state index contributed by atoms with van der Waals surface area (Å²) in [6.07, 6.45) is 1.00. The molecule has 20 heavy (non-hydrogen) atoms. The lowest BCUT2D eigenvalue weighted by atomic mass is 9.98. The molecule has 0 bridgehead atoms. The summed E-state index contributed by atoms with van der Waals surface area (Å²) in [6.45, 7) is 6.57. The van der Waals surface area contributed by atoms with Crippen LogP contribution in [-0.2, 0) is 11.3 Å². The largest absolute Gasteiger partial charge is 0.345 e. The third-order valence-corrected chi connectivity index (χ3v) is 4.03. The summed E-state index contributed by atoms with van der Waals surface area (Å²) in [4.78, 5) is 14.0. The maximum atomic E-state index is 12.2. The van der Waals surface area contributed by atoms with E-state index in [1.807, 2.05) is 20.9 Å². The fourth-order valence-corrected chi connectivity index (χ4v) is 2.69. The molecule has 1 aromatic rings. The summed E-state index contributed by atoms with van der Waals surface area (Å²) in [5, 5.41) is 6.93. The van der Waals surface area contributed by atoms with Gasteiger partial charge in [-0.25, -0.2) is 0 Å². The number of likely N-dealkylation sites (N-methyl/N-ethyl adjacent to an activating group) is 1. The van der Waals surface area contributed by atoms with Crippen molar-refractivity contribution < 1.29 is 4.79 Å². The average Bonchev–Trinajstić information content (AvgIpc) is 2.68. The van der Waals surface area contributed by atoms with E-state index in [0.29, 0.717) is 0 Å². The van der Waals surface area contributed by atoms with Gasteiger partial charge in [0.05, 0.1) is 6.04 Å². The highest BCUT2D eigenvalue weighted by Crippen LogP contribution is 2.24. The van der Waals surface area contributed by atoms with Gasteiger partial charge in [-0.1, -0.05) is 24.3 Å². The molecule has 1 heterocycles. The number of carbonyl (C=O) groups is 1. The van der Waals surface area contributed by atoms with Crippen molar-refractivity contribution in [2.45, 2.75) is 38.9 Å². The topological polar surface area (TPSA) is 44.4 Å². The molecule has 110 valence electrons. The second-order valence-electron chi connectivity index (χ2n) is 5.46. The van der Waals surface area contributed by atoms with E-state index in [-0.39, 0.29) is 18.0 Å². The van der Waals surface area contributed by atoms with Gasteiger partial charge >= 0.3 is 0 Å².